The summed E-state index contributed by atoms with van der Waals surface area (Å²) in [7, 11) is 0. The van der Waals surface area contributed by atoms with Gasteiger partial charge in [-0.2, -0.15) is 0 Å². The van der Waals surface area contributed by atoms with Crippen LogP contribution in [0.5, 0.6) is 0 Å². The number of hydrogen-bond donors (Lipinski definition) is 0. The van der Waals surface area contributed by atoms with Gasteiger partial charge in [-0.15, -0.1) is 0 Å². The van der Waals surface area contributed by atoms with Gasteiger partial charge in [0, 0.05) is 16.7 Å². The Hall–Kier alpha value is -4.10. The van der Waals surface area contributed by atoms with E-state index in [-0.39, 0.29) is 5.92 Å². The first-order valence-corrected chi connectivity index (χ1v) is 11.2. The van der Waals surface area contributed by atoms with Crippen LogP contribution < -0.4 is 0 Å². The van der Waals surface area contributed by atoms with E-state index in [1.807, 2.05) is 0 Å². The Kier molecular flexibility index (Phi) is 3.68. The fourth-order valence-corrected chi connectivity index (χ4v) is 5.61. The molecule has 0 atom stereocenters. The van der Waals surface area contributed by atoms with Crippen LogP contribution in [0, 0.1) is 0 Å². The summed E-state index contributed by atoms with van der Waals surface area (Å²) in [5, 5.41) is 2.59. The van der Waals surface area contributed by atoms with E-state index in [0.717, 1.165) is 0 Å². The van der Waals surface area contributed by atoms with Crippen molar-refractivity contribution in [3.05, 3.63) is 138 Å². The third kappa shape index (κ3) is 2.34. The minimum absolute atomic E-state index is 0.221. The second-order valence-electron chi connectivity index (χ2n) is 8.54. The summed E-state index contributed by atoms with van der Waals surface area (Å²) in [5.74, 6) is 0.221. The van der Waals surface area contributed by atoms with E-state index in [4.69, 9.17) is 0 Å². The second kappa shape index (κ2) is 6.70. The molecule has 1 heteroatoms. The van der Waals surface area contributed by atoms with Crippen LogP contribution in [-0.4, -0.2) is 4.57 Å². The molecule has 1 aliphatic rings. The number of benzene rings is 5. The standard InChI is InChI=1S/C31H21N/c1-3-15-25-21(11-1)22-12-2-4-16-26(22)31(25)27-17-7-10-20-30(27)32-28-18-8-5-13-23(28)24-14-6-9-19-29(24)32/h1-20,31H. The van der Waals surface area contributed by atoms with Crippen molar-refractivity contribution < 1.29 is 0 Å². The van der Waals surface area contributed by atoms with Gasteiger partial charge >= 0.3 is 0 Å². The van der Waals surface area contributed by atoms with Crippen LogP contribution >= 0.6 is 0 Å². The van der Waals surface area contributed by atoms with Gasteiger partial charge in [-0.3, -0.25) is 0 Å². The lowest BCUT2D eigenvalue weighted by Gasteiger charge is -2.20. The smallest absolute Gasteiger partial charge is 0.0541 e. The van der Waals surface area contributed by atoms with Crippen molar-refractivity contribution in [1.82, 2.24) is 4.57 Å². The monoisotopic (exact) mass is 407 g/mol. The van der Waals surface area contributed by atoms with Crippen molar-refractivity contribution in [3.63, 3.8) is 0 Å². The number of fused-ring (bicyclic) bond motifs is 6. The number of rotatable bonds is 2. The summed E-state index contributed by atoms with van der Waals surface area (Å²) >= 11 is 0. The van der Waals surface area contributed by atoms with Crippen molar-refractivity contribution >= 4 is 21.8 Å². The van der Waals surface area contributed by atoms with E-state index in [1.165, 1.54) is 55.3 Å². The van der Waals surface area contributed by atoms with Crippen LogP contribution in [0.25, 0.3) is 38.6 Å². The molecule has 0 fully saturated rings. The van der Waals surface area contributed by atoms with Crippen molar-refractivity contribution in [2.45, 2.75) is 5.92 Å². The largest absolute Gasteiger partial charge is 0.309 e. The second-order valence-corrected chi connectivity index (χ2v) is 8.54. The van der Waals surface area contributed by atoms with Gasteiger partial charge < -0.3 is 4.57 Å². The molecular weight excluding hydrogens is 386 g/mol. The third-order valence-electron chi connectivity index (χ3n) is 6.90. The molecule has 150 valence electrons. The molecule has 1 heterocycles. The van der Waals surface area contributed by atoms with Gasteiger partial charge in [-0.25, -0.2) is 0 Å². The van der Waals surface area contributed by atoms with Crippen molar-refractivity contribution in [2.24, 2.45) is 0 Å². The minimum Gasteiger partial charge on any atom is -0.309 e. The van der Waals surface area contributed by atoms with Gasteiger partial charge in [0.25, 0.3) is 0 Å². The van der Waals surface area contributed by atoms with Gasteiger partial charge in [0.15, 0.2) is 0 Å². The number of para-hydroxylation sites is 3. The molecule has 0 saturated heterocycles. The van der Waals surface area contributed by atoms with Gasteiger partial charge in [0.05, 0.1) is 16.7 Å². The van der Waals surface area contributed by atoms with Gasteiger partial charge in [0.1, 0.15) is 0 Å². The summed E-state index contributed by atoms with van der Waals surface area (Å²) in [5.41, 5.74) is 10.6. The quantitative estimate of drug-likeness (QED) is 0.274. The van der Waals surface area contributed by atoms with Crippen LogP contribution in [0.3, 0.4) is 0 Å². The molecule has 0 N–H and O–H groups in total. The van der Waals surface area contributed by atoms with E-state index in [9.17, 15) is 0 Å². The summed E-state index contributed by atoms with van der Waals surface area (Å²) in [6.07, 6.45) is 0. The zero-order valence-corrected chi connectivity index (χ0v) is 17.6. The molecular formula is C31H21N. The van der Waals surface area contributed by atoms with E-state index >= 15 is 0 Å². The first-order chi connectivity index (χ1) is 15.9. The molecule has 1 aliphatic carbocycles. The van der Waals surface area contributed by atoms with Crippen molar-refractivity contribution in [2.75, 3.05) is 0 Å². The fourth-order valence-electron chi connectivity index (χ4n) is 5.61. The summed E-state index contributed by atoms with van der Waals surface area (Å²) in [6.45, 7) is 0. The van der Waals surface area contributed by atoms with Crippen LogP contribution in [0.1, 0.15) is 22.6 Å². The molecule has 7 rings (SSSR count). The predicted molar refractivity (Wildman–Crippen MR) is 134 cm³/mol. The number of aromatic nitrogens is 1. The molecule has 0 bridgehead atoms. The average molecular weight is 408 g/mol. The first kappa shape index (κ1) is 17.6. The van der Waals surface area contributed by atoms with Gasteiger partial charge in [-0.05, 0) is 46.0 Å². The highest BCUT2D eigenvalue weighted by Gasteiger charge is 2.31. The maximum absolute atomic E-state index is 2.45. The van der Waals surface area contributed by atoms with Crippen molar-refractivity contribution in [1.29, 1.82) is 0 Å². The molecule has 1 aromatic heterocycles. The van der Waals surface area contributed by atoms with Crippen molar-refractivity contribution in [3.8, 4) is 16.8 Å². The molecule has 32 heavy (non-hydrogen) atoms. The molecule has 0 aliphatic heterocycles. The maximum atomic E-state index is 2.45. The molecule has 1 nitrogen and oxygen atoms in total. The summed E-state index contributed by atoms with van der Waals surface area (Å²) < 4.78 is 2.45. The summed E-state index contributed by atoms with van der Waals surface area (Å²) in [4.78, 5) is 0. The molecule has 0 spiro atoms. The lowest BCUT2D eigenvalue weighted by Crippen LogP contribution is -2.06. The molecule has 0 unspecified atom stereocenters. The zero-order chi connectivity index (χ0) is 21.1. The topological polar surface area (TPSA) is 4.93 Å². The molecule has 0 saturated carbocycles. The van der Waals surface area contributed by atoms with Crippen LogP contribution in [0.2, 0.25) is 0 Å². The Bertz CT molecular complexity index is 1540. The highest BCUT2D eigenvalue weighted by molar-refractivity contribution is 6.09. The van der Waals surface area contributed by atoms with E-state index < -0.39 is 0 Å². The van der Waals surface area contributed by atoms with E-state index in [1.54, 1.807) is 0 Å². The summed E-state index contributed by atoms with van der Waals surface area (Å²) in [6, 6.07) is 44.2. The first-order valence-electron chi connectivity index (χ1n) is 11.2. The average Bonchev–Trinajstić information content (AvgIpc) is 3.37. The SMILES string of the molecule is c1ccc2c(c1)-c1ccccc1C2c1ccccc1-n1c2ccccc2c2ccccc21. The lowest BCUT2D eigenvalue weighted by molar-refractivity contribution is 0.983. The Morgan fingerprint density at radius 2 is 0.844 bits per heavy atom. The Morgan fingerprint density at radius 1 is 0.406 bits per heavy atom. The van der Waals surface area contributed by atoms with E-state index in [0.29, 0.717) is 0 Å². The van der Waals surface area contributed by atoms with Gasteiger partial charge in [-0.1, -0.05) is 103 Å². The van der Waals surface area contributed by atoms with Crippen LogP contribution in [0.15, 0.2) is 121 Å². The van der Waals surface area contributed by atoms with Gasteiger partial charge in [0.2, 0.25) is 0 Å². The predicted octanol–water partition coefficient (Wildman–Crippen LogP) is 7.94. The third-order valence-corrected chi connectivity index (χ3v) is 6.90. The molecule has 0 amide bonds. The Morgan fingerprint density at radius 3 is 1.44 bits per heavy atom. The zero-order valence-electron chi connectivity index (χ0n) is 17.6. The fraction of sp³-hybridized carbons (Fsp3) is 0.0323. The highest BCUT2D eigenvalue weighted by Crippen LogP contribution is 2.49. The molecule has 0 radical (unpaired) electrons. The minimum atomic E-state index is 0.221. The maximum Gasteiger partial charge on any atom is 0.0541 e. The number of hydrogen-bond acceptors (Lipinski definition) is 0. The normalized spacial score (nSPS) is 12.9. The highest BCUT2D eigenvalue weighted by atomic mass is 15.0. The Balaban J connectivity index is 1.57. The number of nitrogens with zero attached hydrogens (tertiary/aromatic N) is 1. The lowest BCUT2D eigenvalue weighted by atomic mass is 9.88. The van der Waals surface area contributed by atoms with Crippen LogP contribution in [-0.2, 0) is 0 Å². The molecule has 6 aromatic rings. The molecule has 5 aromatic carbocycles. The Labute approximate surface area is 187 Å². The van der Waals surface area contributed by atoms with E-state index in [2.05, 4.69) is 126 Å². The van der Waals surface area contributed by atoms with Crippen LogP contribution in [0.4, 0.5) is 0 Å².